The Labute approximate surface area is 202 Å². The minimum absolute atomic E-state index is 0.179. The zero-order chi connectivity index (χ0) is 24.9. The number of aryl methyl sites for hydroxylation is 2. The SMILES string of the molecule is COc1c(C)cnc(CC(Cc2ncc(C)c(SC)c2C)(C(C)=O)C(=O)NCC(C)C)c1C. The first-order chi connectivity index (χ1) is 15.5. The maximum absolute atomic E-state index is 13.7. The average molecular weight is 472 g/mol. The van der Waals surface area contributed by atoms with Gasteiger partial charge in [-0.05, 0) is 57.9 Å². The molecular weight excluding hydrogens is 434 g/mol. The molecule has 1 unspecified atom stereocenters. The van der Waals surface area contributed by atoms with Crippen LogP contribution in [0.15, 0.2) is 17.3 Å². The largest absolute Gasteiger partial charge is 0.496 e. The molecule has 6 nitrogen and oxygen atoms in total. The number of carbonyl (C=O) groups excluding carboxylic acids is 2. The predicted octanol–water partition coefficient (Wildman–Crippen LogP) is 4.57. The fourth-order valence-electron chi connectivity index (χ4n) is 4.17. The molecule has 0 fully saturated rings. The van der Waals surface area contributed by atoms with Gasteiger partial charge in [0.1, 0.15) is 16.9 Å². The molecule has 1 atom stereocenters. The highest BCUT2D eigenvalue weighted by molar-refractivity contribution is 7.98. The highest BCUT2D eigenvalue weighted by atomic mass is 32.2. The Morgan fingerprint density at radius 2 is 1.58 bits per heavy atom. The number of hydrogen-bond acceptors (Lipinski definition) is 6. The number of nitrogens with zero attached hydrogens (tertiary/aromatic N) is 2. The maximum atomic E-state index is 13.7. The standard InChI is InChI=1S/C26H37N3O3S/c1-15(2)12-29-25(31)26(20(7)30,10-21-18(5)23(32-8)16(3)13-27-21)11-22-19(6)24(33-9)17(4)14-28-22/h13-15H,10-12H2,1-9H3,(H,29,31). The zero-order valence-electron chi connectivity index (χ0n) is 21.4. The molecule has 1 N–H and O–H groups in total. The maximum Gasteiger partial charge on any atom is 0.234 e. The van der Waals surface area contributed by atoms with Crippen molar-refractivity contribution < 1.29 is 14.3 Å². The molecule has 0 aliphatic heterocycles. The van der Waals surface area contributed by atoms with E-state index >= 15 is 0 Å². The van der Waals surface area contributed by atoms with Crippen molar-refractivity contribution in [2.75, 3.05) is 19.9 Å². The second kappa shape index (κ2) is 11.1. The van der Waals surface area contributed by atoms with Crippen LogP contribution in [0, 0.1) is 39.0 Å². The van der Waals surface area contributed by atoms with Crippen molar-refractivity contribution in [1.82, 2.24) is 15.3 Å². The van der Waals surface area contributed by atoms with Crippen LogP contribution in [0.4, 0.5) is 0 Å². The number of rotatable bonds is 10. The van der Waals surface area contributed by atoms with Gasteiger partial charge in [0.15, 0.2) is 0 Å². The van der Waals surface area contributed by atoms with Crippen molar-refractivity contribution in [3.8, 4) is 5.75 Å². The lowest BCUT2D eigenvalue weighted by molar-refractivity contribution is -0.141. The Morgan fingerprint density at radius 1 is 1.03 bits per heavy atom. The molecular formula is C26H37N3O3S. The molecule has 0 spiro atoms. The van der Waals surface area contributed by atoms with E-state index in [0.29, 0.717) is 12.2 Å². The molecule has 2 aromatic heterocycles. The minimum Gasteiger partial charge on any atom is -0.496 e. The molecule has 2 rings (SSSR count). The normalized spacial score (nSPS) is 13.0. The van der Waals surface area contributed by atoms with Gasteiger partial charge < -0.3 is 10.1 Å². The fourth-order valence-corrected chi connectivity index (χ4v) is 4.97. The van der Waals surface area contributed by atoms with Gasteiger partial charge >= 0.3 is 0 Å². The number of ether oxygens (including phenoxy) is 1. The molecule has 1 amide bonds. The lowest BCUT2D eigenvalue weighted by atomic mass is 9.73. The third-order valence-corrected chi connectivity index (χ3v) is 7.25. The number of thioether (sulfide) groups is 1. The summed E-state index contributed by atoms with van der Waals surface area (Å²) in [6.07, 6.45) is 5.98. The summed E-state index contributed by atoms with van der Waals surface area (Å²) in [6.45, 7) is 13.9. The van der Waals surface area contributed by atoms with E-state index in [1.54, 1.807) is 25.1 Å². The smallest absolute Gasteiger partial charge is 0.234 e. The monoisotopic (exact) mass is 471 g/mol. The summed E-state index contributed by atoms with van der Waals surface area (Å²) in [4.78, 5) is 37.3. The molecule has 7 heteroatoms. The molecule has 0 saturated carbocycles. The molecule has 0 saturated heterocycles. The third kappa shape index (κ3) is 5.75. The Kier molecular flexibility index (Phi) is 9.06. The predicted molar refractivity (Wildman–Crippen MR) is 134 cm³/mol. The number of ketones is 1. The van der Waals surface area contributed by atoms with Crippen LogP contribution in [-0.2, 0) is 22.4 Å². The van der Waals surface area contributed by atoms with Crippen LogP contribution in [0.1, 0.15) is 54.4 Å². The molecule has 0 aromatic carbocycles. The van der Waals surface area contributed by atoms with E-state index in [4.69, 9.17) is 4.74 Å². The van der Waals surface area contributed by atoms with E-state index in [1.807, 2.05) is 54.0 Å². The van der Waals surface area contributed by atoms with Crippen LogP contribution >= 0.6 is 11.8 Å². The van der Waals surface area contributed by atoms with Gasteiger partial charge in [-0.15, -0.1) is 11.8 Å². The van der Waals surface area contributed by atoms with Crippen molar-refractivity contribution in [2.24, 2.45) is 11.3 Å². The van der Waals surface area contributed by atoms with Crippen LogP contribution in [0.2, 0.25) is 0 Å². The van der Waals surface area contributed by atoms with Gasteiger partial charge in [-0.3, -0.25) is 19.6 Å². The van der Waals surface area contributed by atoms with Crippen molar-refractivity contribution in [2.45, 2.75) is 66.2 Å². The summed E-state index contributed by atoms with van der Waals surface area (Å²) < 4.78 is 5.57. The van der Waals surface area contributed by atoms with Crippen LogP contribution in [0.3, 0.4) is 0 Å². The molecule has 0 radical (unpaired) electrons. The molecule has 2 heterocycles. The van der Waals surface area contributed by atoms with E-state index in [0.717, 1.165) is 38.6 Å². The number of aromatic nitrogens is 2. The first-order valence-electron chi connectivity index (χ1n) is 11.3. The molecule has 180 valence electrons. The Balaban J connectivity index is 2.66. The number of Topliss-reactive ketones (excluding diaryl/α,β-unsaturated/α-hetero) is 1. The van der Waals surface area contributed by atoms with Crippen LogP contribution in [-0.4, -0.2) is 41.6 Å². The lowest BCUT2D eigenvalue weighted by Gasteiger charge is -2.31. The number of nitrogens with one attached hydrogen (secondary N) is 1. The van der Waals surface area contributed by atoms with E-state index in [-0.39, 0.29) is 30.4 Å². The van der Waals surface area contributed by atoms with E-state index in [9.17, 15) is 9.59 Å². The Morgan fingerprint density at radius 3 is 2.06 bits per heavy atom. The number of methoxy groups -OCH3 is 1. The topological polar surface area (TPSA) is 81.2 Å². The van der Waals surface area contributed by atoms with Gasteiger partial charge in [0.2, 0.25) is 5.91 Å². The molecule has 0 aliphatic rings. The first-order valence-corrected chi connectivity index (χ1v) is 12.5. The van der Waals surface area contributed by atoms with E-state index in [2.05, 4.69) is 15.3 Å². The van der Waals surface area contributed by atoms with Gasteiger partial charge in [0.05, 0.1) is 7.11 Å². The van der Waals surface area contributed by atoms with Gasteiger partial charge in [0, 0.05) is 59.2 Å². The number of pyridine rings is 2. The summed E-state index contributed by atoms with van der Waals surface area (Å²) in [5, 5.41) is 3.01. The Hall–Kier alpha value is -2.41. The van der Waals surface area contributed by atoms with Crippen LogP contribution in [0.25, 0.3) is 0 Å². The highest BCUT2D eigenvalue weighted by Gasteiger charge is 2.45. The summed E-state index contributed by atoms with van der Waals surface area (Å²) in [5.41, 5.74) is 3.97. The lowest BCUT2D eigenvalue weighted by Crippen LogP contribution is -2.50. The molecule has 33 heavy (non-hydrogen) atoms. The number of carbonyl (C=O) groups is 2. The number of amides is 1. The molecule has 0 aliphatic carbocycles. The van der Waals surface area contributed by atoms with Crippen molar-refractivity contribution >= 4 is 23.5 Å². The van der Waals surface area contributed by atoms with Crippen molar-refractivity contribution in [1.29, 1.82) is 0 Å². The quantitative estimate of drug-likeness (QED) is 0.404. The van der Waals surface area contributed by atoms with Crippen molar-refractivity contribution in [3.05, 3.63) is 46.0 Å². The molecule has 0 bridgehead atoms. The van der Waals surface area contributed by atoms with Crippen molar-refractivity contribution in [3.63, 3.8) is 0 Å². The highest BCUT2D eigenvalue weighted by Crippen LogP contribution is 2.35. The van der Waals surface area contributed by atoms with Gasteiger partial charge in [-0.25, -0.2) is 0 Å². The second-order valence-electron chi connectivity index (χ2n) is 9.19. The summed E-state index contributed by atoms with van der Waals surface area (Å²) >= 11 is 1.65. The van der Waals surface area contributed by atoms with Crippen LogP contribution < -0.4 is 10.1 Å². The summed E-state index contributed by atoms with van der Waals surface area (Å²) in [5.74, 6) is 0.517. The van der Waals surface area contributed by atoms with E-state index in [1.165, 1.54) is 6.92 Å². The number of hydrogen-bond donors (Lipinski definition) is 1. The second-order valence-corrected chi connectivity index (χ2v) is 10.0. The third-order valence-electron chi connectivity index (χ3n) is 6.22. The zero-order valence-corrected chi connectivity index (χ0v) is 22.2. The molecule has 2 aromatic rings. The summed E-state index contributed by atoms with van der Waals surface area (Å²) in [6, 6.07) is 0. The minimum atomic E-state index is -1.32. The Bertz CT molecular complexity index is 972. The van der Waals surface area contributed by atoms with Gasteiger partial charge in [-0.1, -0.05) is 13.8 Å². The fraction of sp³-hybridized carbons (Fsp3) is 0.538. The average Bonchev–Trinajstić information content (AvgIpc) is 2.75. The summed E-state index contributed by atoms with van der Waals surface area (Å²) in [7, 11) is 1.62. The van der Waals surface area contributed by atoms with E-state index < -0.39 is 5.41 Å². The van der Waals surface area contributed by atoms with Crippen LogP contribution in [0.5, 0.6) is 5.75 Å². The first kappa shape index (κ1) is 26.8. The van der Waals surface area contributed by atoms with Gasteiger partial charge in [-0.2, -0.15) is 0 Å². The van der Waals surface area contributed by atoms with Gasteiger partial charge in [0.25, 0.3) is 0 Å².